The number of furan rings is 1. The van der Waals surface area contributed by atoms with Crippen LogP contribution in [0.25, 0.3) is 22.0 Å². The van der Waals surface area contributed by atoms with E-state index in [1.54, 1.807) is 36.5 Å². The Morgan fingerprint density at radius 2 is 2.12 bits per heavy atom. The van der Waals surface area contributed by atoms with Gasteiger partial charge in [0.1, 0.15) is 10.8 Å². The van der Waals surface area contributed by atoms with Crippen molar-refractivity contribution in [2.45, 2.75) is 31.3 Å². The lowest BCUT2D eigenvalue weighted by Crippen LogP contribution is -2.01. The summed E-state index contributed by atoms with van der Waals surface area (Å²) >= 11 is 3.20. The standard InChI is InChI=1S/C23H24N4O3S2/c1-5-10-27-21(18-9-11-30-15(18)3)25-26-23(27)32-14-17-13-31-22(24-17)16-7-8-19(29-6-2)20(12-16)28-4/h5,7-9,11-13H,1,6,10,14H2,2-4H3. The summed E-state index contributed by atoms with van der Waals surface area (Å²) in [7, 11) is 1.64. The molecule has 166 valence electrons. The van der Waals surface area contributed by atoms with Gasteiger partial charge in [-0.3, -0.25) is 4.57 Å². The molecule has 9 heteroatoms. The van der Waals surface area contributed by atoms with Gasteiger partial charge in [-0.1, -0.05) is 17.8 Å². The summed E-state index contributed by atoms with van der Waals surface area (Å²) in [4.78, 5) is 4.80. The number of methoxy groups -OCH3 is 1. The summed E-state index contributed by atoms with van der Waals surface area (Å²) in [6.45, 7) is 8.94. The van der Waals surface area contributed by atoms with Crippen molar-refractivity contribution in [2.75, 3.05) is 13.7 Å². The van der Waals surface area contributed by atoms with E-state index in [2.05, 4.69) is 22.2 Å². The minimum absolute atomic E-state index is 0.590. The van der Waals surface area contributed by atoms with E-state index in [1.165, 1.54) is 0 Å². The van der Waals surface area contributed by atoms with E-state index in [4.69, 9.17) is 18.9 Å². The minimum atomic E-state index is 0.590. The van der Waals surface area contributed by atoms with Crippen molar-refractivity contribution in [3.63, 3.8) is 0 Å². The largest absolute Gasteiger partial charge is 0.493 e. The van der Waals surface area contributed by atoms with E-state index in [0.29, 0.717) is 24.7 Å². The Balaban J connectivity index is 1.51. The molecule has 0 fully saturated rings. The minimum Gasteiger partial charge on any atom is -0.493 e. The summed E-state index contributed by atoms with van der Waals surface area (Å²) in [6, 6.07) is 7.79. The van der Waals surface area contributed by atoms with Crippen LogP contribution in [0.3, 0.4) is 0 Å². The average molecular weight is 469 g/mol. The Bertz CT molecular complexity index is 1210. The maximum atomic E-state index is 5.61. The van der Waals surface area contributed by atoms with Crippen LogP contribution in [0.5, 0.6) is 11.5 Å². The number of allylic oxidation sites excluding steroid dienone is 1. The van der Waals surface area contributed by atoms with Gasteiger partial charge in [0.15, 0.2) is 22.5 Å². The molecular weight excluding hydrogens is 444 g/mol. The van der Waals surface area contributed by atoms with Gasteiger partial charge in [-0.05, 0) is 38.1 Å². The molecule has 1 aromatic carbocycles. The fourth-order valence-electron chi connectivity index (χ4n) is 3.23. The van der Waals surface area contributed by atoms with Gasteiger partial charge < -0.3 is 13.9 Å². The fourth-order valence-corrected chi connectivity index (χ4v) is 4.99. The first-order valence-corrected chi connectivity index (χ1v) is 12.0. The second-order valence-electron chi connectivity index (χ2n) is 6.83. The van der Waals surface area contributed by atoms with Crippen molar-refractivity contribution in [1.29, 1.82) is 0 Å². The lowest BCUT2D eigenvalue weighted by atomic mass is 10.2. The van der Waals surface area contributed by atoms with E-state index in [-0.39, 0.29) is 0 Å². The Kier molecular flexibility index (Phi) is 6.96. The number of nitrogens with zero attached hydrogens (tertiary/aromatic N) is 4. The maximum Gasteiger partial charge on any atom is 0.192 e. The highest BCUT2D eigenvalue weighted by Crippen LogP contribution is 2.35. The van der Waals surface area contributed by atoms with Crippen LogP contribution in [-0.2, 0) is 12.3 Å². The Morgan fingerprint density at radius 3 is 2.84 bits per heavy atom. The zero-order valence-corrected chi connectivity index (χ0v) is 19.8. The third-order valence-electron chi connectivity index (χ3n) is 4.74. The molecule has 0 aliphatic heterocycles. The molecule has 0 radical (unpaired) electrons. The monoisotopic (exact) mass is 468 g/mol. The number of thiazole rings is 1. The number of ether oxygens (including phenoxy) is 2. The smallest absolute Gasteiger partial charge is 0.192 e. The van der Waals surface area contributed by atoms with Crippen molar-refractivity contribution >= 4 is 23.1 Å². The van der Waals surface area contributed by atoms with Crippen LogP contribution in [0.4, 0.5) is 0 Å². The summed E-state index contributed by atoms with van der Waals surface area (Å²) in [5.74, 6) is 3.71. The third kappa shape index (κ3) is 4.58. The van der Waals surface area contributed by atoms with Crippen LogP contribution in [0.1, 0.15) is 18.4 Å². The topological polar surface area (TPSA) is 75.2 Å². The summed E-state index contributed by atoms with van der Waals surface area (Å²) in [5, 5.41) is 12.6. The molecule has 0 aliphatic rings. The molecule has 0 saturated carbocycles. The first-order valence-electron chi connectivity index (χ1n) is 10.1. The van der Waals surface area contributed by atoms with Crippen molar-refractivity contribution in [1.82, 2.24) is 19.7 Å². The molecule has 3 aromatic heterocycles. The molecule has 32 heavy (non-hydrogen) atoms. The third-order valence-corrected chi connectivity index (χ3v) is 6.68. The molecule has 0 N–H and O–H groups in total. The van der Waals surface area contributed by atoms with Crippen LogP contribution in [0.2, 0.25) is 0 Å². The van der Waals surface area contributed by atoms with Crippen LogP contribution < -0.4 is 9.47 Å². The van der Waals surface area contributed by atoms with E-state index in [1.807, 2.05) is 48.8 Å². The number of benzene rings is 1. The number of aromatic nitrogens is 4. The van der Waals surface area contributed by atoms with Gasteiger partial charge >= 0.3 is 0 Å². The normalized spacial score (nSPS) is 11.0. The molecule has 0 atom stereocenters. The lowest BCUT2D eigenvalue weighted by Gasteiger charge is -2.09. The van der Waals surface area contributed by atoms with Crippen molar-refractivity contribution in [3.05, 3.63) is 60.0 Å². The van der Waals surface area contributed by atoms with Gasteiger partial charge in [0.2, 0.25) is 0 Å². The summed E-state index contributed by atoms with van der Waals surface area (Å²) < 4.78 is 18.5. The van der Waals surface area contributed by atoms with Gasteiger partial charge in [0.05, 0.1) is 31.2 Å². The molecule has 0 saturated heterocycles. The van der Waals surface area contributed by atoms with E-state index in [9.17, 15) is 0 Å². The second kappa shape index (κ2) is 10.1. The molecule has 4 rings (SSSR count). The van der Waals surface area contributed by atoms with Gasteiger partial charge in [0, 0.05) is 23.2 Å². The molecule has 7 nitrogen and oxygen atoms in total. The van der Waals surface area contributed by atoms with Gasteiger partial charge in [-0.2, -0.15) is 0 Å². The predicted molar refractivity (Wildman–Crippen MR) is 127 cm³/mol. The number of thioether (sulfide) groups is 1. The van der Waals surface area contributed by atoms with Crippen LogP contribution in [0.15, 0.2) is 58.1 Å². The van der Waals surface area contributed by atoms with Crippen molar-refractivity contribution in [3.8, 4) is 33.5 Å². The zero-order valence-electron chi connectivity index (χ0n) is 18.2. The number of hydrogen-bond acceptors (Lipinski definition) is 8. The molecular formula is C23H24N4O3S2. The molecule has 3 heterocycles. The molecule has 0 unspecified atom stereocenters. The Labute approximate surface area is 195 Å². The SMILES string of the molecule is C=CCn1c(SCc2csc(-c3ccc(OCC)c(OC)c3)n2)nnc1-c1ccoc1C. The quantitative estimate of drug-likeness (QED) is 0.213. The predicted octanol–water partition coefficient (Wildman–Crippen LogP) is 5.86. The highest BCUT2D eigenvalue weighted by molar-refractivity contribution is 7.98. The average Bonchev–Trinajstić information content (AvgIpc) is 3.53. The van der Waals surface area contributed by atoms with Crippen LogP contribution in [0, 0.1) is 6.92 Å². The molecule has 0 aliphatic carbocycles. The van der Waals surface area contributed by atoms with Gasteiger partial charge in [-0.25, -0.2) is 4.98 Å². The fraction of sp³-hybridized carbons (Fsp3) is 0.261. The number of hydrogen-bond donors (Lipinski definition) is 0. The first kappa shape index (κ1) is 22.2. The lowest BCUT2D eigenvalue weighted by molar-refractivity contribution is 0.311. The maximum absolute atomic E-state index is 5.61. The van der Waals surface area contributed by atoms with E-state index in [0.717, 1.165) is 44.3 Å². The molecule has 0 bridgehead atoms. The zero-order chi connectivity index (χ0) is 22.5. The van der Waals surface area contributed by atoms with E-state index >= 15 is 0 Å². The summed E-state index contributed by atoms with van der Waals surface area (Å²) in [5.41, 5.74) is 2.92. The Morgan fingerprint density at radius 1 is 1.25 bits per heavy atom. The van der Waals surface area contributed by atoms with Gasteiger partial charge in [0.25, 0.3) is 0 Å². The molecule has 0 spiro atoms. The summed E-state index contributed by atoms with van der Waals surface area (Å²) in [6.07, 6.45) is 3.50. The molecule has 4 aromatic rings. The van der Waals surface area contributed by atoms with E-state index < -0.39 is 0 Å². The van der Waals surface area contributed by atoms with Crippen LogP contribution in [-0.4, -0.2) is 33.5 Å². The number of aryl methyl sites for hydroxylation is 1. The highest BCUT2D eigenvalue weighted by atomic mass is 32.2. The van der Waals surface area contributed by atoms with Gasteiger partial charge in [-0.15, -0.1) is 28.1 Å². The van der Waals surface area contributed by atoms with Crippen molar-refractivity contribution in [2.24, 2.45) is 0 Å². The Hall–Kier alpha value is -3.04. The molecule has 0 amide bonds. The first-order chi connectivity index (χ1) is 15.6. The van der Waals surface area contributed by atoms with Crippen LogP contribution >= 0.6 is 23.1 Å². The highest BCUT2D eigenvalue weighted by Gasteiger charge is 2.17. The second-order valence-corrected chi connectivity index (χ2v) is 8.63. The number of rotatable bonds is 10. The van der Waals surface area contributed by atoms with Crippen molar-refractivity contribution < 1.29 is 13.9 Å².